The van der Waals surface area contributed by atoms with Crippen molar-refractivity contribution in [3.05, 3.63) is 30.1 Å². The predicted molar refractivity (Wildman–Crippen MR) is 126 cm³/mol. The van der Waals surface area contributed by atoms with E-state index in [9.17, 15) is 14.0 Å². The van der Waals surface area contributed by atoms with Gasteiger partial charge in [-0.1, -0.05) is 25.7 Å². The van der Waals surface area contributed by atoms with Crippen molar-refractivity contribution in [3.63, 3.8) is 0 Å². The Hall–Kier alpha value is -2.31. The summed E-state index contributed by atoms with van der Waals surface area (Å²) in [5.41, 5.74) is 1.04. The van der Waals surface area contributed by atoms with Crippen LogP contribution >= 0.6 is 0 Å². The van der Waals surface area contributed by atoms with Gasteiger partial charge in [-0.2, -0.15) is 0 Å². The lowest BCUT2D eigenvalue weighted by atomic mass is 9.96. The Kier molecular flexibility index (Phi) is 9.62. The number of carbonyl (C=O) groups excluding carboxylic acids is 2. The standard InChI is InChI=1S/C25H39FN4O2/c1-29(22-15-18-30(19-16-22)23-13-11-20(26)12-14-23)24(31)10-6-3-7-17-27-25(32)28-21-8-4-2-5-9-21/h11-14,21-22H,2-10,15-19H2,1H3,(H2,27,28,32). The first-order valence-corrected chi connectivity index (χ1v) is 12.3. The maximum Gasteiger partial charge on any atom is 0.315 e. The van der Waals surface area contributed by atoms with E-state index in [1.165, 1.54) is 31.4 Å². The number of carbonyl (C=O) groups is 2. The molecule has 178 valence electrons. The molecule has 0 atom stereocenters. The SMILES string of the molecule is CN(C(=O)CCCCCNC(=O)NC1CCCCC1)C1CCN(c2ccc(F)cc2)CC1. The summed E-state index contributed by atoms with van der Waals surface area (Å²) in [4.78, 5) is 28.7. The van der Waals surface area contributed by atoms with Crippen LogP contribution in [-0.2, 0) is 4.79 Å². The lowest BCUT2D eigenvalue weighted by molar-refractivity contribution is -0.132. The normalized spacial score (nSPS) is 17.8. The fourth-order valence-electron chi connectivity index (χ4n) is 4.81. The maximum atomic E-state index is 13.1. The number of urea groups is 1. The number of amides is 3. The summed E-state index contributed by atoms with van der Waals surface area (Å²) in [6, 6.07) is 7.17. The van der Waals surface area contributed by atoms with E-state index in [1.54, 1.807) is 0 Å². The van der Waals surface area contributed by atoms with Gasteiger partial charge < -0.3 is 20.4 Å². The largest absolute Gasteiger partial charge is 0.371 e. The van der Waals surface area contributed by atoms with Gasteiger partial charge in [0, 0.05) is 50.9 Å². The van der Waals surface area contributed by atoms with Crippen LogP contribution in [0.15, 0.2) is 24.3 Å². The molecular weight excluding hydrogens is 407 g/mol. The van der Waals surface area contributed by atoms with Crippen LogP contribution < -0.4 is 15.5 Å². The molecule has 0 aromatic heterocycles. The van der Waals surface area contributed by atoms with Crippen LogP contribution in [-0.4, -0.2) is 55.6 Å². The molecule has 7 heteroatoms. The number of anilines is 1. The molecule has 1 aromatic rings. The van der Waals surface area contributed by atoms with Gasteiger partial charge in [0.2, 0.25) is 5.91 Å². The molecule has 1 aliphatic carbocycles. The minimum atomic E-state index is -0.215. The second kappa shape index (κ2) is 12.7. The Morgan fingerprint density at radius 1 is 1.00 bits per heavy atom. The van der Waals surface area contributed by atoms with E-state index in [0.29, 0.717) is 19.0 Å². The zero-order valence-corrected chi connectivity index (χ0v) is 19.5. The number of nitrogens with zero attached hydrogens (tertiary/aromatic N) is 2. The summed E-state index contributed by atoms with van der Waals surface area (Å²) in [5.74, 6) is -0.0132. The van der Waals surface area contributed by atoms with Crippen molar-refractivity contribution in [1.29, 1.82) is 0 Å². The lowest BCUT2D eigenvalue weighted by Crippen LogP contribution is -2.45. The Labute approximate surface area is 191 Å². The third-order valence-electron chi connectivity index (χ3n) is 6.89. The van der Waals surface area contributed by atoms with Gasteiger partial charge in [-0.15, -0.1) is 0 Å². The minimum absolute atomic E-state index is 0.0558. The van der Waals surface area contributed by atoms with Gasteiger partial charge in [-0.3, -0.25) is 4.79 Å². The van der Waals surface area contributed by atoms with E-state index < -0.39 is 0 Å². The molecule has 1 heterocycles. The highest BCUT2D eigenvalue weighted by atomic mass is 19.1. The number of hydrogen-bond donors (Lipinski definition) is 2. The zero-order valence-electron chi connectivity index (χ0n) is 19.5. The quantitative estimate of drug-likeness (QED) is 0.551. The van der Waals surface area contributed by atoms with Gasteiger partial charge in [0.05, 0.1) is 0 Å². The van der Waals surface area contributed by atoms with Crippen LogP contribution in [0.3, 0.4) is 0 Å². The highest BCUT2D eigenvalue weighted by molar-refractivity contribution is 5.76. The molecule has 1 aliphatic heterocycles. The van der Waals surface area contributed by atoms with Crippen molar-refractivity contribution in [2.45, 2.75) is 82.7 Å². The van der Waals surface area contributed by atoms with E-state index in [2.05, 4.69) is 15.5 Å². The van der Waals surface area contributed by atoms with Gasteiger partial charge in [-0.25, -0.2) is 9.18 Å². The van der Waals surface area contributed by atoms with Crippen LogP contribution in [0.4, 0.5) is 14.9 Å². The molecule has 1 aromatic carbocycles. The van der Waals surface area contributed by atoms with E-state index in [4.69, 9.17) is 0 Å². The van der Waals surface area contributed by atoms with Crippen molar-refractivity contribution in [2.24, 2.45) is 0 Å². The topological polar surface area (TPSA) is 64.7 Å². The van der Waals surface area contributed by atoms with E-state index in [1.807, 2.05) is 24.1 Å². The lowest BCUT2D eigenvalue weighted by Gasteiger charge is -2.38. The number of nitrogens with one attached hydrogen (secondary N) is 2. The van der Waals surface area contributed by atoms with Gasteiger partial charge in [-0.05, 0) is 62.8 Å². The fourth-order valence-corrected chi connectivity index (χ4v) is 4.81. The molecule has 1 saturated carbocycles. The molecule has 1 saturated heterocycles. The van der Waals surface area contributed by atoms with E-state index in [-0.39, 0.29) is 23.8 Å². The first-order valence-electron chi connectivity index (χ1n) is 12.3. The number of piperidine rings is 1. The summed E-state index contributed by atoms with van der Waals surface area (Å²) < 4.78 is 13.1. The smallest absolute Gasteiger partial charge is 0.315 e. The van der Waals surface area contributed by atoms with Gasteiger partial charge >= 0.3 is 6.03 Å². The molecule has 32 heavy (non-hydrogen) atoms. The van der Waals surface area contributed by atoms with Gasteiger partial charge in [0.1, 0.15) is 5.82 Å². The van der Waals surface area contributed by atoms with Crippen LogP contribution in [0.2, 0.25) is 0 Å². The van der Waals surface area contributed by atoms with Crippen LogP contribution in [0.5, 0.6) is 0 Å². The minimum Gasteiger partial charge on any atom is -0.371 e. The number of rotatable bonds is 9. The van der Waals surface area contributed by atoms with Crippen molar-refractivity contribution in [2.75, 3.05) is 31.6 Å². The average molecular weight is 447 g/mol. The van der Waals surface area contributed by atoms with Gasteiger partial charge in [0.25, 0.3) is 0 Å². The van der Waals surface area contributed by atoms with Crippen LogP contribution in [0.1, 0.15) is 70.6 Å². The predicted octanol–water partition coefficient (Wildman–Crippen LogP) is 4.45. The molecule has 2 aliphatic rings. The molecule has 6 nitrogen and oxygen atoms in total. The summed E-state index contributed by atoms with van der Waals surface area (Å²) in [7, 11) is 1.91. The van der Waals surface area contributed by atoms with Crippen LogP contribution in [0.25, 0.3) is 0 Å². The number of halogens is 1. The first kappa shape index (κ1) is 24.3. The molecule has 0 spiro atoms. The second-order valence-electron chi connectivity index (χ2n) is 9.25. The summed E-state index contributed by atoms with van der Waals surface area (Å²) in [5, 5.41) is 6.01. The number of hydrogen-bond acceptors (Lipinski definition) is 3. The summed E-state index contributed by atoms with van der Waals surface area (Å²) in [6.07, 6.45) is 11.0. The zero-order chi connectivity index (χ0) is 22.8. The van der Waals surface area contributed by atoms with Gasteiger partial charge in [0.15, 0.2) is 0 Å². The molecule has 0 radical (unpaired) electrons. The van der Waals surface area contributed by atoms with Crippen molar-refractivity contribution in [3.8, 4) is 0 Å². The molecular formula is C25H39FN4O2. The second-order valence-corrected chi connectivity index (χ2v) is 9.25. The monoisotopic (exact) mass is 446 g/mol. The highest BCUT2D eigenvalue weighted by Gasteiger charge is 2.25. The van der Waals surface area contributed by atoms with Crippen molar-refractivity contribution in [1.82, 2.24) is 15.5 Å². The summed E-state index contributed by atoms with van der Waals surface area (Å²) in [6.45, 7) is 2.41. The van der Waals surface area contributed by atoms with E-state index in [0.717, 1.165) is 63.7 Å². The number of unbranched alkanes of at least 4 members (excludes halogenated alkanes) is 2. The fraction of sp³-hybridized carbons (Fsp3) is 0.680. The molecule has 3 amide bonds. The Bertz CT molecular complexity index is 713. The molecule has 3 rings (SSSR count). The summed E-state index contributed by atoms with van der Waals surface area (Å²) >= 11 is 0. The van der Waals surface area contributed by atoms with E-state index >= 15 is 0 Å². The average Bonchev–Trinajstić information content (AvgIpc) is 2.82. The highest BCUT2D eigenvalue weighted by Crippen LogP contribution is 2.23. The third-order valence-corrected chi connectivity index (χ3v) is 6.89. The third kappa shape index (κ3) is 7.68. The van der Waals surface area contributed by atoms with Crippen molar-refractivity contribution < 1.29 is 14.0 Å². The molecule has 0 unspecified atom stereocenters. The van der Waals surface area contributed by atoms with Crippen LogP contribution in [0, 0.1) is 5.82 Å². The molecule has 2 N–H and O–H groups in total. The maximum absolute atomic E-state index is 13.1. The Morgan fingerprint density at radius 2 is 1.69 bits per heavy atom. The molecule has 2 fully saturated rings. The Morgan fingerprint density at radius 3 is 2.38 bits per heavy atom. The molecule has 0 bridgehead atoms. The first-order chi connectivity index (χ1) is 15.5. The van der Waals surface area contributed by atoms with Crippen molar-refractivity contribution >= 4 is 17.6 Å². The number of benzene rings is 1. The Balaban J connectivity index is 1.24.